The smallest absolute Gasteiger partial charge is 0.310 e. The number of ether oxygens (including phenoxy) is 3. The van der Waals surface area contributed by atoms with E-state index in [0.29, 0.717) is 36.8 Å². The molecule has 114 valence electrons. The quantitative estimate of drug-likeness (QED) is 0.911. The summed E-state index contributed by atoms with van der Waals surface area (Å²) < 4.78 is 16.1. The van der Waals surface area contributed by atoms with Crippen molar-refractivity contribution in [3.8, 4) is 17.2 Å². The zero-order valence-electron chi connectivity index (χ0n) is 12.2. The second-order valence-corrected chi connectivity index (χ2v) is 5.86. The van der Waals surface area contributed by atoms with E-state index in [9.17, 15) is 9.90 Å². The van der Waals surface area contributed by atoms with Crippen molar-refractivity contribution in [3.05, 3.63) is 17.7 Å². The van der Waals surface area contributed by atoms with Crippen LogP contribution in [0.15, 0.2) is 12.1 Å². The fourth-order valence-electron chi connectivity index (χ4n) is 2.90. The van der Waals surface area contributed by atoms with Gasteiger partial charge in [-0.2, -0.15) is 0 Å². The molecule has 0 saturated carbocycles. The van der Waals surface area contributed by atoms with Gasteiger partial charge in [-0.1, -0.05) is 0 Å². The van der Waals surface area contributed by atoms with Gasteiger partial charge in [-0.3, -0.25) is 9.69 Å². The Morgan fingerprint density at radius 2 is 2.29 bits per heavy atom. The van der Waals surface area contributed by atoms with Crippen LogP contribution in [0.4, 0.5) is 0 Å². The first-order chi connectivity index (χ1) is 10.0. The molecule has 6 heteroatoms. The number of likely N-dealkylation sites (tertiary alicyclic amines) is 1. The van der Waals surface area contributed by atoms with Crippen LogP contribution in [-0.2, 0) is 11.3 Å². The number of rotatable bonds is 4. The zero-order chi connectivity index (χ0) is 15.0. The highest BCUT2D eigenvalue weighted by Crippen LogP contribution is 2.42. The molecule has 2 aliphatic heterocycles. The van der Waals surface area contributed by atoms with E-state index in [0.717, 1.165) is 12.1 Å². The predicted octanol–water partition coefficient (Wildman–Crippen LogP) is 1.72. The zero-order valence-corrected chi connectivity index (χ0v) is 12.2. The molecule has 0 radical (unpaired) electrons. The van der Waals surface area contributed by atoms with Crippen molar-refractivity contribution in [1.82, 2.24) is 4.90 Å². The van der Waals surface area contributed by atoms with Crippen LogP contribution in [0.25, 0.3) is 0 Å². The van der Waals surface area contributed by atoms with E-state index in [4.69, 9.17) is 14.2 Å². The molecule has 1 aromatic carbocycles. The lowest BCUT2D eigenvalue weighted by atomic mass is 9.90. The molecule has 0 bridgehead atoms. The third kappa shape index (κ3) is 2.51. The summed E-state index contributed by atoms with van der Waals surface area (Å²) in [5.41, 5.74) is 0.381. The Bertz CT molecular complexity index is 573. The number of carbonyl (C=O) groups is 1. The van der Waals surface area contributed by atoms with Gasteiger partial charge in [0.05, 0.1) is 12.5 Å². The highest BCUT2D eigenvalue weighted by Gasteiger charge is 2.40. The van der Waals surface area contributed by atoms with Crippen molar-refractivity contribution in [3.63, 3.8) is 0 Å². The van der Waals surface area contributed by atoms with E-state index in [1.165, 1.54) is 0 Å². The summed E-state index contributed by atoms with van der Waals surface area (Å²) in [4.78, 5) is 13.4. The van der Waals surface area contributed by atoms with E-state index in [1.54, 1.807) is 14.0 Å². The lowest BCUT2D eigenvalue weighted by molar-refractivity contribution is -0.147. The molecule has 0 amide bonds. The predicted molar refractivity (Wildman–Crippen MR) is 74.8 cm³/mol. The molecule has 1 N–H and O–H groups in total. The largest absolute Gasteiger partial charge is 0.493 e. The average molecular weight is 293 g/mol. The number of benzene rings is 1. The lowest BCUT2D eigenvalue weighted by Crippen LogP contribution is -2.31. The molecule has 1 fully saturated rings. The van der Waals surface area contributed by atoms with Crippen molar-refractivity contribution in [2.45, 2.75) is 19.9 Å². The van der Waals surface area contributed by atoms with E-state index >= 15 is 0 Å². The molecule has 6 nitrogen and oxygen atoms in total. The fourth-order valence-corrected chi connectivity index (χ4v) is 2.90. The number of aliphatic carboxylic acids is 1. The molecule has 2 aliphatic rings. The van der Waals surface area contributed by atoms with Gasteiger partial charge in [0.15, 0.2) is 11.5 Å². The van der Waals surface area contributed by atoms with Crippen molar-refractivity contribution in [2.75, 3.05) is 27.0 Å². The second kappa shape index (κ2) is 5.11. The molecule has 21 heavy (non-hydrogen) atoms. The lowest BCUT2D eigenvalue weighted by Gasteiger charge is -2.20. The van der Waals surface area contributed by atoms with Crippen LogP contribution in [-0.4, -0.2) is 43.0 Å². The van der Waals surface area contributed by atoms with Gasteiger partial charge in [-0.05, 0) is 37.6 Å². The molecular formula is C15H19NO5. The first kappa shape index (κ1) is 14.0. The van der Waals surface area contributed by atoms with Crippen molar-refractivity contribution >= 4 is 5.97 Å². The molecule has 3 rings (SSSR count). The highest BCUT2D eigenvalue weighted by molar-refractivity contribution is 5.74. The number of hydrogen-bond acceptors (Lipinski definition) is 5. The topological polar surface area (TPSA) is 68.2 Å². The van der Waals surface area contributed by atoms with Crippen LogP contribution in [0.2, 0.25) is 0 Å². The van der Waals surface area contributed by atoms with E-state index in [2.05, 4.69) is 4.90 Å². The Hall–Kier alpha value is -1.95. The summed E-state index contributed by atoms with van der Waals surface area (Å²) in [6.45, 7) is 4.01. The van der Waals surface area contributed by atoms with Crippen LogP contribution in [0.1, 0.15) is 18.9 Å². The summed E-state index contributed by atoms with van der Waals surface area (Å²) in [5, 5.41) is 9.28. The number of hydrogen-bond donors (Lipinski definition) is 1. The first-order valence-electron chi connectivity index (χ1n) is 6.94. The summed E-state index contributed by atoms with van der Waals surface area (Å²) in [6.07, 6.45) is 0.671. The Labute approximate surface area is 123 Å². The standard InChI is InChI=1S/C15H19NO5/c1-15(14(17)18)3-4-16(8-15)7-10-5-11(19-2)13-12(6-10)20-9-21-13/h5-6H,3-4,7-9H2,1-2H3,(H,17,18). The van der Waals surface area contributed by atoms with Gasteiger partial charge in [-0.25, -0.2) is 0 Å². The van der Waals surface area contributed by atoms with Gasteiger partial charge in [0, 0.05) is 13.1 Å². The maximum atomic E-state index is 11.3. The van der Waals surface area contributed by atoms with Gasteiger partial charge in [0.25, 0.3) is 0 Å². The summed E-state index contributed by atoms with van der Waals surface area (Å²) in [6, 6.07) is 3.85. The number of methoxy groups -OCH3 is 1. The van der Waals surface area contributed by atoms with Gasteiger partial charge < -0.3 is 19.3 Å². The third-order valence-corrected chi connectivity index (χ3v) is 4.19. The number of fused-ring (bicyclic) bond motifs is 1. The minimum atomic E-state index is -0.728. The van der Waals surface area contributed by atoms with Crippen molar-refractivity contribution in [1.29, 1.82) is 0 Å². The summed E-state index contributed by atoms with van der Waals surface area (Å²) in [7, 11) is 1.60. The fraction of sp³-hybridized carbons (Fsp3) is 0.533. The molecule has 0 aromatic heterocycles. The second-order valence-electron chi connectivity index (χ2n) is 5.86. The maximum absolute atomic E-state index is 11.3. The molecule has 1 unspecified atom stereocenters. The normalized spacial score (nSPS) is 24.3. The van der Waals surface area contributed by atoms with Gasteiger partial charge in [-0.15, -0.1) is 0 Å². The molecule has 0 spiro atoms. The Morgan fingerprint density at radius 1 is 1.48 bits per heavy atom. The number of carboxylic acids is 1. The number of nitrogens with zero attached hydrogens (tertiary/aromatic N) is 1. The molecule has 2 heterocycles. The van der Waals surface area contributed by atoms with Gasteiger partial charge in [0.1, 0.15) is 0 Å². The number of carboxylic acid groups (broad SMARTS) is 1. The highest BCUT2D eigenvalue weighted by atomic mass is 16.7. The average Bonchev–Trinajstić information content (AvgIpc) is 3.05. The SMILES string of the molecule is COc1cc(CN2CCC(C)(C(=O)O)C2)cc2c1OCO2. The minimum absolute atomic E-state index is 0.204. The monoisotopic (exact) mass is 293 g/mol. The molecule has 1 aromatic rings. The van der Waals surface area contributed by atoms with Crippen molar-refractivity contribution < 1.29 is 24.1 Å². The van der Waals surface area contributed by atoms with Crippen LogP contribution < -0.4 is 14.2 Å². The Balaban J connectivity index is 1.76. The summed E-state index contributed by atoms with van der Waals surface area (Å²) >= 11 is 0. The van der Waals surface area contributed by atoms with Crippen LogP contribution >= 0.6 is 0 Å². The van der Waals surface area contributed by atoms with E-state index in [1.807, 2.05) is 12.1 Å². The van der Waals surface area contributed by atoms with Crippen LogP contribution in [0.3, 0.4) is 0 Å². The van der Waals surface area contributed by atoms with Crippen LogP contribution in [0, 0.1) is 5.41 Å². The molecular weight excluding hydrogens is 274 g/mol. The molecule has 1 saturated heterocycles. The Kier molecular flexibility index (Phi) is 3.41. The van der Waals surface area contributed by atoms with Crippen LogP contribution in [0.5, 0.6) is 17.2 Å². The summed E-state index contributed by atoms with van der Waals surface area (Å²) in [5.74, 6) is 1.25. The van der Waals surface area contributed by atoms with E-state index < -0.39 is 11.4 Å². The minimum Gasteiger partial charge on any atom is -0.493 e. The third-order valence-electron chi connectivity index (χ3n) is 4.19. The van der Waals surface area contributed by atoms with E-state index in [-0.39, 0.29) is 6.79 Å². The first-order valence-corrected chi connectivity index (χ1v) is 6.94. The molecule has 1 atom stereocenters. The Morgan fingerprint density at radius 3 is 2.95 bits per heavy atom. The maximum Gasteiger partial charge on any atom is 0.310 e. The van der Waals surface area contributed by atoms with Gasteiger partial charge in [0.2, 0.25) is 12.5 Å². The van der Waals surface area contributed by atoms with Gasteiger partial charge >= 0.3 is 5.97 Å². The van der Waals surface area contributed by atoms with Crippen molar-refractivity contribution in [2.24, 2.45) is 5.41 Å². The molecule has 0 aliphatic carbocycles.